The van der Waals surface area contributed by atoms with Crippen molar-refractivity contribution in [2.24, 2.45) is 0 Å². The zero-order valence-corrected chi connectivity index (χ0v) is 12.9. The van der Waals surface area contributed by atoms with Gasteiger partial charge in [-0.2, -0.15) is 0 Å². The summed E-state index contributed by atoms with van der Waals surface area (Å²) < 4.78 is 0. The quantitative estimate of drug-likeness (QED) is 0.651. The number of anilines is 2. The fourth-order valence-corrected chi connectivity index (χ4v) is 2.68. The van der Waals surface area contributed by atoms with Crippen molar-refractivity contribution in [2.75, 3.05) is 11.1 Å². The van der Waals surface area contributed by atoms with Gasteiger partial charge in [-0.05, 0) is 35.0 Å². The molecule has 0 fully saturated rings. The minimum Gasteiger partial charge on any atom is -0.396 e. The van der Waals surface area contributed by atoms with Gasteiger partial charge in [-0.1, -0.05) is 53.5 Å². The van der Waals surface area contributed by atoms with Crippen molar-refractivity contribution in [3.8, 4) is 0 Å². The van der Waals surface area contributed by atoms with Crippen molar-refractivity contribution in [3.05, 3.63) is 70.2 Å². The van der Waals surface area contributed by atoms with Gasteiger partial charge < -0.3 is 11.1 Å². The van der Waals surface area contributed by atoms with E-state index in [-0.39, 0.29) is 5.91 Å². The van der Waals surface area contributed by atoms with Crippen LogP contribution in [-0.2, 0) is 0 Å². The first kappa shape index (κ1) is 14.7. The predicted octanol–water partition coefficient (Wildman–Crippen LogP) is 4.98. The largest absolute Gasteiger partial charge is 0.396 e. The Labute approximate surface area is 137 Å². The van der Waals surface area contributed by atoms with Crippen molar-refractivity contribution < 1.29 is 4.79 Å². The number of fused-ring (bicyclic) bond motifs is 1. The number of nitrogens with one attached hydrogen (secondary N) is 1. The zero-order chi connectivity index (χ0) is 15.7. The smallest absolute Gasteiger partial charge is 0.255 e. The molecule has 0 heterocycles. The molecule has 0 unspecified atom stereocenters. The van der Waals surface area contributed by atoms with E-state index in [1.165, 1.54) is 0 Å². The molecule has 0 bridgehead atoms. The van der Waals surface area contributed by atoms with E-state index < -0.39 is 0 Å². The lowest BCUT2D eigenvalue weighted by atomic mass is 10.1. The minimum absolute atomic E-state index is 0.234. The van der Waals surface area contributed by atoms with Crippen molar-refractivity contribution >= 4 is 51.3 Å². The molecule has 0 aromatic heterocycles. The lowest BCUT2D eigenvalue weighted by Gasteiger charge is -2.09. The molecule has 22 heavy (non-hydrogen) atoms. The van der Waals surface area contributed by atoms with Gasteiger partial charge in [0.15, 0.2) is 0 Å². The molecular formula is C17H12Cl2N2O. The van der Waals surface area contributed by atoms with E-state index in [9.17, 15) is 4.79 Å². The molecule has 0 saturated carbocycles. The third kappa shape index (κ3) is 2.86. The first-order valence-electron chi connectivity index (χ1n) is 6.59. The van der Waals surface area contributed by atoms with Crippen LogP contribution in [0.3, 0.4) is 0 Å². The minimum atomic E-state index is -0.234. The third-order valence-corrected chi connectivity index (χ3v) is 3.97. The topological polar surface area (TPSA) is 55.1 Å². The van der Waals surface area contributed by atoms with Gasteiger partial charge in [0.05, 0.1) is 15.7 Å². The van der Waals surface area contributed by atoms with E-state index in [1.54, 1.807) is 18.2 Å². The second kappa shape index (κ2) is 5.87. The van der Waals surface area contributed by atoms with E-state index in [4.69, 9.17) is 28.9 Å². The molecule has 1 amide bonds. The number of carbonyl (C=O) groups excluding carboxylic acids is 1. The van der Waals surface area contributed by atoms with Crippen LogP contribution in [0, 0.1) is 0 Å². The fourth-order valence-electron chi connectivity index (χ4n) is 2.19. The van der Waals surface area contributed by atoms with E-state index in [2.05, 4.69) is 5.32 Å². The van der Waals surface area contributed by atoms with Crippen LogP contribution in [0.15, 0.2) is 54.6 Å². The maximum atomic E-state index is 12.3. The number of hydrogen-bond donors (Lipinski definition) is 2. The van der Waals surface area contributed by atoms with Gasteiger partial charge in [0.1, 0.15) is 0 Å². The number of nitrogen functional groups attached to an aromatic ring is 1. The van der Waals surface area contributed by atoms with E-state index in [0.717, 1.165) is 10.8 Å². The van der Waals surface area contributed by atoms with Gasteiger partial charge in [-0.15, -0.1) is 0 Å². The molecule has 0 aliphatic heterocycles. The number of hydrogen-bond acceptors (Lipinski definition) is 2. The highest BCUT2D eigenvalue weighted by Crippen LogP contribution is 2.31. The molecule has 0 saturated heterocycles. The van der Waals surface area contributed by atoms with Crippen LogP contribution >= 0.6 is 23.2 Å². The van der Waals surface area contributed by atoms with Gasteiger partial charge in [-0.25, -0.2) is 0 Å². The Kier molecular flexibility index (Phi) is 3.92. The molecular weight excluding hydrogens is 319 g/mol. The Balaban J connectivity index is 1.90. The van der Waals surface area contributed by atoms with Crippen molar-refractivity contribution in [2.45, 2.75) is 0 Å². The Morgan fingerprint density at radius 2 is 1.55 bits per heavy atom. The average Bonchev–Trinajstić information content (AvgIpc) is 2.52. The lowest BCUT2D eigenvalue weighted by Crippen LogP contribution is -2.12. The molecule has 0 spiro atoms. The van der Waals surface area contributed by atoms with Crippen LogP contribution in [0.1, 0.15) is 10.4 Å². The monoisotopic (exact) mass is 330 g/mol. The summed E-state index contributed by atoms with van der Waals surface area (Å²) in [5, 5.41) is 5.47. The molecule has 0 radical (unpaired) electrons. The van der Waals surface area contributed by atoms with Crippen LogP contribution < -0.4 is 11.1 Å². The first-order valence-corrected chi connectivity index (χ1v) is 7.35. The molecule has 0 aliphatic rings. The highest BCUT2D eigenvalue weighted by Gasteiger charge is 2.10. The van der Waals surface area contributed by atoms with Gasteiger partial charge in [0, 0.05) is 11.3 Å². The molecule has 3 aromatic carbocycles. The summed E-state index contributed by atoms with van der Waals surface area (Å²) in [6.07, 6.45) is 0. The van der Waals surface area contributed by atoms with Crippen LogP contribution in [0.5, 0.6) is 0 Å². The third-order valence-electron chi connectivity index (χ3n) is 3.35. The second-order valence-corrected chi connectivity index (χ2v) is 5.68. The molecule has 3 aromatic rings. The fraction of sp³-hybridized carbons (Fsp3) is 0. The highest BCUT2D eigenvalue weighted by molar-refractivity contribution is 6.39. The van der Waals surface area contributed by atoms with Gasteiger partial charge in [0.2, 0.25) is 0 Å². The summed E-state index contributed by atoms with van der Waals surface area (Å²) in [7, 11) is 0. The molecule has 110 valence electrons. The summed E-state index contributed by atoms with van der Waals surface area (Å²) in [6.45, 7) is 0. The number of benzene rings is 3. The van der Waals surface area contributed by atoms with Crippen LogP contribution in [0.2, 0.25) is 10.0 Å². The number of carbonyl (C=O) groups is 1. The summed E-state index contributed by atoms with van der Waals surface area (Å²) in [4.78, 5) is 12.3. The zero-order valence-electron chi connectivity index (χ0n) is 11.4. The van der Waals surface area contributed by atoms with E-state index in [0.29, 0.717) is 27.0 Å². The van der Waals surface area contributed by atoms with Crippen LogP contribution in [-0.4, -0.2) is 5.91 Å². The maximum absolute atomic E-state index is 12.3. The summed E-state index contributed by atoms with van der Waals surface area (Å²) in [5.41, 5.74) is 7.04. The number of amides is 1. The van der Waals surface area contributed by atoms with Crippen LogP contribution in [0.25, 0.3) is 10.8 Å². The predicted molar refractivity (Wildman–Crippen MR) is 92.8 cm³/mol. The molecule has 3 nitrogen and oxygen atoms in total. The Hall–Kier alpha value is -2.23. The molecule has 0 atom stereocenters. The van der Waals surface area contributed by atoms with E-state index in [1.807, 2.05) is 36.4 Å². The average molecular weight is 331 g/mol. The van der Waals surface area contributed by atoms with Crippen LogP contribution in [0.4, 0.5) is 11.4 Å². The van der Waals surface area contributed by atoms with Gasteiger partial charge in [-0.3, -0.25) is 4.79 Å². The molecule has 3 rings (SSSR count). The number of rotatable bonds is 2. The molecule has 5 heteroatoms. The van der Waals surface area contributed by atoms with E-state index >= 15 is 0 Å². The standard InChI is InChI=1S/C17H12Cl2N2O/c18-14-8-13(9-15(19)16(14)20)21-17(22)12-6-5-10-3-1-2-4-11(10)7-12/h1-9H,20H2,(H,21,22). The maximum Gasteiger partial charge on any atom is 0.255 e. The number of nitrogens with two attached hydrogens (primary N) is 1. The lowest BCUT2D eigenvalue weighted by molar-refractivity contribution is 0.102. The van der Waals surface area contributed by atoms with Crippen molar-refractivity contribution in [1.29, 1.82) is 0 Å². The Bertz CT molecular complexity index is 854. The summed E-state index contributed by atoms with van der Waals surface area (Å²) >= 11 is 11.9. The summed E-state index contributed by atoms with van der Waals surface area (Å²) in [6, 6.07) is 16.5. The molecule has 3 N–H and O–H groups in total. The van der Waals surface area contributed by atoms with Crippen molar-refractivity contribution in [1.82, 2.24) is 0 Å². The normalized spacial score (nSPS) is 10.6. The van der Waals surface area contributed by atoms with Crippen molar-refractivity contribution in [3.63, 3.8) is 0 Å². The second-order valence-electron chi connectivity index (χ2n) is 4.87. The van der Waals surface area contributed by atoms with Gasteiger partial charge in [0.25, 0.3) is 5.91 Å². The first-order chi connectivity index (χ1) is 10.5. The molecule has 0 aliphatic carbocycles. The Morgan fingerprint density at radius 1 is 0.909 bits per heavy atom. The SMILES string of the molecule is Nc1c(Cl)cc(NC(=O)c2ccc3ccccc3c2)cc1Cl. The Morgan fingerprint density at radius 3 is 2.23 bits per heavy atom. The summed E-state index contributed by atoms with van der Waals surface area (Å²) in [5.74, 6) is -0.234. The van der Waals surface area contributed by atoms with Gasteiger partial charge >= 0.3 is 0 Å². The number of halogens is 2. The highest BCUT2D eigenvalue weighted by atomic mass is 35.5.